The van der Waals surface area contributed by atoms with Crippen LogP contribution in [0.5, 0.6) is 0 Å². The van der Waals surface area contributed by atoms with E-state index in [1.807, 2.05) is 37.3 Å². The molecule has 3 aromatic carbocycles. The summed E-state index contributed by atoms with van der Waals surface area (Å²) in [7, 11) is 0. The van der Waals surface area contributed by atoms with Gasteiger partial charge in [-0.2, -0.15) is 13.2 Å². The van der Waals surface area contributed by atoms with Crippen molar-refractivity contribution in [2.45, 2.75) is 38.5 Å². The molecule has 4 nitrogen and oxygen atoms in total. The van der Waals surface area contributed by atoms with Gasteiger partial charge in [-0.1, -0.05) is 30.3 Å². The Kier molecular flexibility index (Phi) is 6.41. The van der Waals surface area contributed by atoms with Gasteiger partial charge < -0.3 is 15.1 Å². The number of amides is 1. The quantitative estimate of drug-likeness (QED) is 0.313. The van der Waals surface area contributed by atoms with Crippen molar-refractivity contribution in [2.24, 2.45) is 0 Å². The molecule has 2 N–H and O–H groups in total. The zero-order valence-corrected chi connectivity index (χ0v) is 19.7. The van der Waals surface area contributed by atoms with Crippen LogP contribution in [0.1, 0.15) is 38.2 Å². The fraction of sp³-hybridized carbons (Fsp3) is 0.207. The van der Waals surface area contributed by atoms with E-state index in [4.69, 9.17) is 4.42 Å². The summed E-state index contributed by atoms with van der Waals surface area (Å²) >= 11 is 0. The summed E-state index contributed by atoms with van der Waals surface area (Å²) < 4.78 is 44.1. The molecular formula is C29H25F3N2O2. The monoisotopic (exact) mass is 490 g/mol. The van der Waals surface area contributed by atoms with E-state index in [2.05, 4.69) is 10.6 Å². The van der Waals surface area contributed by atoms with Crippen LogP contribution in [0.3, 0.4) is 0 Å². The molecule has 0 unspecified atom stereocenters. The van der Waals surface area contributed by atoms with Crippen LogP contribution in [0.15, 0.2) is 83.7 Å². The van der Waals surface area contributed by atoms with Gasteiger partial charge in [0.1, 0.15) is 0 Å². The van der Waals surface area contributed by atoms with Crippen LogP contribution in [0.25, 0.3) is 11.1 Å². The minimum absolute atomic E-state index is 0.304. The molecule has 0 radical (unpaired) electrons. The number of fused-ring (bicyclic) bond motifs is 1. The first-order valence-corrected chi connectivity index (χ1v) is 11.7. The second-order valence-corrected chi connectivity index (χ2v) is 9.13. The van der Waals surface area contributed by atoms with E-state index in [9.17, 15) is 18.0 Å². The van der Waals surface area contributed by atoms with E-state index in [1.165, 1.54) is 23.3 Å². The summed E-state index contributed by atoms with van der Waals surface area (Å²) in [6.45, 7) is 2.58. The molecule has 36 heavy (non-hydrogen) atoms. The van der Waals surface area contributed by atoms with E-state index < -0.39 is 11.7 Å². The van der Waals surface area contributed by atoms with Crippen LogP contribution in [0, 0.1) is 6.92 Å². The van der Waals surface area contributed by atoms with Gasteiger partial charge >= 0.3 is 6.18 Å². The highest BCUT2D eigenvalue weighted by atomic mass is 19.4. The molecule has 1 aliphatic carbocycles. The SMILES string of the molecule is Cc1cccc(C(=O)Nc2ccc3c(c2)C[C@@H](NCc2ccoc2)C3)c1-c1ccc(C(F)(F)F)cc1. The van der Waals surface area contributed by atoms with Crippen LogP contribution >= 0.6 is 0 Å². The Morgan fingerprint density at radius 1 is 1.00 bits per heavy atom. The minimum atomic E-state index is -4.41. The molecule has 0 bridgehead atoms. The van der Waals surface area contributed by atoms with Crippen LogP contribution in [0.2, 0.25) is 0 Å². The van der Waals surface area contributed by atoms with E-state index in [1.54, 1.807) is 24.7 Å². The van der Waals surface area contributed by atoms with E-state index in [0.717, 1.165) is 42.6 Å². The zero-order chi connectivity index (χ0) is 25.3. The summed E-state index contributed by atoms with van der Waals surface area (Å²) in [5.74, 6) is -0.304. The van der Waals surface area contributed by atoms with Gasteiger partial charge in [-0.25, -0.2) is 0 Å². The predicted octanol–water partition coefficient (Wildman–Crippen LogP) is 6.78. The molecule has 1 atom stereocenters. The Morgan fingerprint density at radius 3 is 2.50 bits per heavy atom. The first-order valence-electron chi connectivity index (χ1n) is 11.7. The number of furan rings is 1. The maximum absolute atomic E-state index is 13.3. The maximum Gasteiger partial charge on any atom is 0.416 e. The van der Waals surface area contributed by atoms with Gasteiger partial charge in [0.05, 0.1) is 18.1 Å². The highest BCUT2D eigenvalue weighted by Gasteiger charge is 2.30. The molecule has 1 aromatic heterocycles. The molecular weight excluding hydrogens is 465 g/mol. The van der Waals surface area contributed by atoms with Crippen molar-refractivity contribution in [1.82, 2.24) is 5.32 Å². The van der Waals surface area contributed by atoms with Crippen LogP contribution in [-0.4, -0.2) is 11.9 Å². The number of anilines is 1. The molecule has 7 heteroatoms. The molecule has 0 fully saturated rings. The number of benzene rings is 3. The van der Waals surface area contributed by atoms with Crippen LogP contribution in [0.4, 0.5) is 18.9 Å². The summed E-state index contributed by atoms with van der Waals surface area (Å²) in [5, 5.41) is 6.52. The first kappa shape index (κ1) is 23.9. The minimum Gasteiger partial charge on any atom is -0.472 e. The Labute approximate surface area is 207 Å². The van der Waals surface area contributed by atoms with Crippen LogP contribution in [-0.2, 0) is 25.6 Å². The smallest absolute Gasteiger partial charge is 0.416 e. The van der Waals surface area contributed by atoms with E-state index >= 15 is 0 Å². The van der Waals surface area contributed by atoms with Crippen molar-refractivity contribution >= 4 is 11.6 Å². The fourth-order valence-electron chi connectivity index (χ4n) is 4.76. The van der Waals surface area contributed by atoms with E-state index in [-0.39, 0.29) is 5.91 Å². The number of halogens is 3. The van der Waals surface area contributed by atoms with Gasteiger partial charge in [-0.05, 0) is 84.0 Å². The number of nitrogens with one attached hydrogen (secondary N) is 2. The molecule has 1 aliphatic rings. The van der Waals surface area contributed by atoms with Crippen molar-refractivity contribution in [3.63, 3.8) is 0 Å². The second-order valence-electron chi connectivity index (χ2n) is 9.13. The number of hydrogen-bond donors (Lipinski definition) is 2. The lowest BCUT2D eigenvalue weighted by Gasteiger charge is -2.15. The van der Waals surface area contributed by atoms with Gasteiger partial charge in [0.15, 0.2) is 0 Å². The lowest BCUT2D eigenvalue weighted by molar-refractivity contribution is -0.137. The summed E-state index contributed by atoms with van der Waals surface area (Å²) in [5.41, 5.74) is 5.90. The van der Waals surface area contributed by atoms with E-state index in [0.29, 0.717) is 28.4 Å². The number of aryl methyl sites for hydroxylation is 1. The number of rotatable bonds is 6. The molecule has 0 saturated heterocycles. The van der Waals surface area contributed by atoms with Crippen molar-refractivity contribution in [1.29, 1.82) is 0 Å². The van der Waals surface area contributed by atoms with Gasteiger partial charge in [0, 0.05) is 29.4 Å². The molecule has 184 valence electrons. The number of hydrogen-bond acceptors (Lipinski definition) is 3. The molecule has 5 rings (SSSR count). The van der Waals surface area contributed by atoms with Crippen molar-refractivity contribution in [2.75, 3.05) is 5.32 Å². The Hall–Kier alpha value is -3.84. The lowest BCUT2D eigenvalue weighted by atomic mass is 9.93. The van der Waals surface area contributed by atoms with Crippen molar-refractivity contribution in [3.05, 3.63) is 113 Å². The van der Waals surface area contributed by atoms with Crippen LogP contribution < -0.4 is 10.6 Å². The third-order valence-corrected chi connectivity index (χ3v) is 6.59. The third-order valence-electron chi connectivity index (χ3n) is 6.59. The predicted molar refractivity (Wildman–Crippen MR) is 133 cm³/mol. The molecule has 1 heterocycles. The normalized spacial score (nSPS) is 15.1. The number of carbonyl (C=O) groups excluding carboxylic acids is 1. The third kappa shape index (κ3) is 5.06. The molecule has 0 aliphatic heterocycles. The largest absolute Gasteiger partial charge is 0.472 e. The molecule has 0 spiro atoms. The average Bonchev–Trinajstić information content (AvgIpc) is 3.51. The standard InChI is InChI=1S/C29H25F3N2O2/c1-18-3-2-4-26(27(18)20-5-8-23(9-6-20)29(30,31)32)28(35)34-24-10-7-21-13-25(15-22(21)14-24)33-16-19-11-12-36-17-19/h2-12,14,17,25,33H,13,15-16H2,1H3,(H,34,35)/t25-/m0/s1. The Balaban J connectivity index is 1.32. The van der Waals surface area contributed by atoms with Gasteiger partial charge in [-0.3, -0.25) is 4.79 Å². The highest BCUT2D eigenvalue weighted by Crippen LogP contribution is 2.34. The lowest BCUT2D eigenvalue weighted by Crippen LogP contribution is -2.28. The van der Waals surface area contributed by atoms with Crippen molar-refractivity contribution < 1.29 is 22.4 Å². The molecule has 1 amide bonds. The number of carbonyl (C=O) groups is 1. The highest BCUT2D eigenvalue weighted by molar-refractivity contribution is 6.09. The summed E-state index contributed by atoms with van der Waals surface area (Å²) in [6, 6.07) is 18.4. The fourth-order valence-corrected chi connectivity index (χ4v) is 4.76. The topological polar surface area (TPSA) is 54.3 Å². The Bertz CT molecular complexity index is 1380. The van der Waals surface area contributed by atoms with Gasteiger partial charge in [0.2, 0.25) is 0 Å². The maximum atomic E-state index is 13.3. The van der Waals surface area contributed by atoms with Gasteiger partial charge in [0.25, 0.3) is 5.91 Å². The molecule has 0 saturated carbocycles. The summed E-state index contributed by atoms with van der Waals surface area (Å²) in [6.07, 6.45) is 0.751. The van der Waals surface area contributed by atoms with Gasteiger partial charge in [-0.15, -0.1) is 0 Å². The average molecular weight is 491 g/mol. The zero-order valence-electron chi connectivity index (χ0n) is 19.7. The molecule has 4 aromatic rings. The Morgan fingerprint density at radius 2 is 1.78 bits per heavy atom. The second kappa shape index (κ2) is 9.66. The van der Waals surface area contributed by atoms with Crippen molar-refractivity contribution in [3.8, 4) is 11.1 Å². The number of alkyl halides is 3. The first-order chi connectivity index (χ1) is 17.3. The summed E-state index contributed by atoms with van der Waals surface area (Å²) in [4.78, 5) is 13.3.